The first-order chi connectivity index (χ1) is 11.5. The summed E-state index contributed by atoms with van der Waals surface area (Å²) in [4.78, 5) is 0. The van der Waals surface area contributed by atoms with E-state index in [1.54, 1.807) is 28.4 Å². The van der Waals surface area contributed by atoms with Crippen molar-refractivity contribution in [3.63, 3.8) is 0 Å². The van der Waals surface area contributed by atoms with E-state index >= 15 is 0 Å². The molecule has 0 saturated carbocycles. The van der Waals surface area contributed by atoms with Gasteiger partial charge in [0.05, 0.1) is 0 Å². The fourth-order valence-corrected chi connectivity index (χ4v) is 6.12. The van der Waals surface area contributed by atoms with Crippen LogP contribution in [0, 0.1) is 0 Å². The average molecular weight is 387 g/mol. The van der Waals surface area contributed by atoms with Crippen molar-refractivity contribution in [2.75, 3.05) is 54.7 Å². The molecular formula is C14H38N2O6Si2. The SMILES string of the molecule is CCO[Si](CCCN)(OC)OCC.CO[Si](CCCN)(OC)OC. The number of rotatable bonds is 14. The molecule has 0 aliphatic rings. The fraction of sp³-hybridized carbons (Fsp3) is 1.00. The quantitative estimate of drug-likeness (QED) is 0.429. The van der Waals surface area contributed by atoms with Crippen LogP contribution in [0.2, 0.25) is 12.1 Å². The first-order valence-corrected chi connectivity index (χ1v) is 12.2. The van der Waals surface area contributed by atoms with Crippen LogP contribution in [0.5, 0.6) is 0 Å². The molecule has 0 aromatic rings. The Hall–Kier alpha value is 0.114. The molecule has 0 saturated heterocycles. The van der Waals surface area contributed by atoms with Crippen molar-refractivity contribution in [3.05, 3.63) is 0 Å². The Bertz CT molecular complexity index is 259. The van der Waals surface area contributed by atoms with Gasteiger partial charge in [-0.25, -0.2) is 0 Å². The maximum atomic E-state index is 5.56. The molecule has 0 rings (SSSR count). The normalized spacial score (nSPS) is 12.0. The molecular weight excluding hydrogens is 348 g/mol. The third kappa shape index (κ3) is 10.9. The second-order valence-electron chi connectivity index (χ2n) is 4.83. The van der Waals surface area contributed by atoms with Crippen molar-refractivity contribution < 1.29 is 26.6 Å². The Morgan fingerprint density at radius 2 is 0.958 bits per heavy atom. The minimum absolute atomic E-state index is 0.630. The second kappa shape index (κ2) is 16.6. The number of hydrogen-bond acceptors (Lipinski definition) is 8. The van der Waals surface area contributed by atoms with Gasteiger partial charge in [-0.15, -0.1) is 0 Å². The van der Waals surface area contributed by atoms with Gasteiger partial charge >= 0.3 is 17.6 Å². The van der Waals surface area contributed by atoms with Crippen LogP contribution in [0.15, 0.2) is 0 Å². The van der Waals surface area contributed by atoms with Crippen molar-refractivity contribution in [2.45, 2.75) is 38.8 Å². The lowest BCUT2D eigenvalue weighted by molar-refractivity contribution is 0.0863. The highest BCUT2D eigenvalue weighted by Gasteiger charge is 2.38. The van der Waals surface area contributed by atoms with Crippen LogP contribution < -0.4 is 11.5 Å². The van der Waals surface area contributed by atoms with E-state index in [9.17, 15) is 0 Å². The maximum absolute atomic E-state index is 5.56. The predicted octanol–water partition coefficient (Wildman–Crippen LogP) is 1.21. The zero-order valence-electron chi connectivity index (χ0n) is 16.3. The Labute approximate surface area is 149 Å². The summed E-state index contributed by atoms with van der Waals surface area (Å²) >= 11 is 0. The Morgan fingerprint density at radius 1 is 0.625 bits per heavy atom. The van der Waals surface area contributed by atoms with Crippen molar-refractivity contribution in [3.8, 4) is 0 Å². The van der Waals surface area contributed by atoms with Crippen LogP contribution >= 0.6 is 0 Å². The van der Waals surface area contributed by atoms with Crippen LogP contribution in [0.25, 0.3) is 0 Å². The van der Waals surface area contributed by atoms with Crippen LogP contribution in [-0.2, 0) is 26.6 Å². The van der Waals surface area contributed by atoms with Gasteiger partial charge in [-0.05, 0) is 39.8 Å². The van der Waals surface area contributed by atoms with Gasteiger partial charge in [0.15, 0.2) is 0 Å². The Kier molecular flexibility index (Phi) is 18.2. The molecule has 0 aliphatic heterocycles. The molecule has 0 aromatic heterocycles. The summed E-state index contributed by atoms with van der Waals surface area (Å²) < 4.78 is 32.0. The Balaban J connectivity index is 0. The van der Waals surface area contributed by atoms with Crippen molar-refractivity contribution in [1.29, 1.82) is 0 Å². The van der Waals surface area contributed by atoms with Gasteiger partial charge in [-0.1, -0.05) is 0 Å². The summed E-state index contributed by atoms with van der Waals surface area (Å²) in [7, 11) is 1.78. The highest BCUT2D eigenvalue weighted by molar-refractivity contribution is 6.60. The average Bonchev–Trinajstić information content (AvgIpc) is 2.62. The molecule has 0 heterocycles. The summed E-state index contributed by atoms with van der Waals surface area (Å²) in [5, 5.41) is 0. The maximum Gasteiger partial charge on any atom is 0.500 e. The Morgan fingerprint density at radius 3 is 1.21 bits per heavy atom. The molecule has 8 nitrogen and oxygen atoms in total. The van der Waals surface area contributed by atoms with E-state index in [0.717, 1.165) is 24.9 Å². The lowest BCUT2D eigenvalue weighted by atomic mass is 10.5. The molecule has 148 valence electrons. The van der Waals surface area contributed by atoms with E-state index in [4.69, 9.17) is 38.0 Å². The molecule has 4 N–H and O–H groups in total. The standard InChI is InChI=1S/C8H21NO3Si.C6H17NO3Si/c1-4-11-13(10-3,12-5-2)8-6-7-9;1-8-11(9-2,10-3)6-4-5-7/h4-9H2,1-3H3;4-7H2,1-3H3. The molecule has 24 heavy (non-hydrogen) atoms. The van der Waals surface area contributed by atoms with E-state index in [1.807, 2.05) is 13.8 Å². The number of nitrogens with two attached hydrogens (primary N) is 2. The molecule has 0 unspecified atom stereocenters. The second-order valence-corrected chi connectivity index (χ2v) is 10.8. The van der Waals surface area contributed by atoms with Crippen LogP contribution in [0.3, 0.4) is 0 Å². The summed E-state index contributed by atoms with van der Waals surface area (Å²) in [5.74, 6) is 0. The molecule has 0 radical (unpaired) electrons. The minimum Gasteiger partial charge on any atom is -0.377 e. The van der Waals surface area contributed by atoms with Crippen LogP contribution in [0.4, 0.5) is 0 Å². The molecule has 0 amide bonds. The van der Waals surface area contributed by atoms with Gasteiger partial charge < -0.3 is 38.0 Å². The van der Waals surface area contributed by atoms with E-state index in [1.165, 1.54) is 0 Å². The van der Waals surface area contributed by atoms with Crippen LogP contribution in [-0.4, -0.2) is 72.4 Å². The minimum atomic E-state index is -2.37. The van der Waals surface area contributed by atoms with Gasteiger partial charge in [0.2, 0.25) is 0 Å². The molecule has 0 aliphatic carbocycles. The highest BCUT2D eigenvalue weighted by Crippen LogP contribution is 2.16. The summed E-state index contributed by atoms with van der Waals surface area (Å²) in [5.41, 5.74) is 10.8. The largest absolute Gasteiger partial charge is 0.500 e. The van der Waals surface area contributed by atoms with E-state index < -0.39 is 17.6 Å². The smallest absolute Gasteiger partial charge is 0.377 e. The van der Waals surface area contributed by atoms with Gasteiger partial charge in [-0.3, -0.25) is 0 Å². The van der Waals surface area contributed by atoms with E-state index in [-0.39, 0.29) is 0 Å². The van der Waals surface area contributed by atoms with Gasteiger partial charge in [-0.2, -0.15) is 0 Å². The lowest BCUT2D eigenvalue weighted by Crippen LogP contribution is -2.45. The fourth-order valence-electron chi connectivity index (χ4n) is 2.04. The zero-order valence-corrected chi connectivity index (χ0v) is 18.3. The molecule has 0 fully saturated rings. The third-order valence-electron chi connectivity index (χ3n) is 3.35. The molecule has 0 atom stereocenters. The van der Waals surface area contributed by atoms with Crippen molar-refractivity contribution >= 4 is 17.6 Å². The first kappa shape index (κ1) is 26.3. The lowest BCUT2D eigenvalue weighted by Gasteiger charge is -2.26. The summed E-state index contributed by atoms with van der Waals surface area (Å²) in [6.45, 7) is 6.45. The van der Waals surface area contributed by atoms with Crippen LogP contribution in [0.1, 0.15) is 26.7 Å². The van der Waals surface area contributed by atoms with Crippen molar-refractivity contribution in [1.82, 2.24) is 0 Å². The van der Waals surface area contributed by atoms with E-state index in [2.05, 4.69) is 0 Å². The summed E-state index contributed by atoms with van der Waals surface area (Å²) in [6, 6.07) is 1.59. The molecule has 0 bridgehead atoms. The van der Waals surface area contributed by atoms with Gasteiger partial charge in [0, 0.05) is 53.7 Å². The molecule has 10 heteroatoms. The van der Waals surface area contributed by atoms with E-state index in [0.29, 0.717) is 26.3 Å². The first-order valence-electron chi connectivity index (χ1n) is 8.37. The summed E-state index contributed by atoms with van der Waals surface area (Å²) in [6.07, 6.45) is 1.77. The highest BCUT2D eigenvalue weighted by atomic mass is 28.4. The predicted molar refractivity (Wildman–Crippen MR) is 99.8 cm³/mol. The topological polar surface area (TPSA) is 107 Å². The van der Waals surface area contributed by atoms with Gasteiger partial charge in [0.1, 0.15) is 0 Å². The third-order valence-corrected chi connectivity index (χ3v) is 9.22. The number of hydrogen-bond donors (Lipinski definition) is 2. The monoisotopic (exact) mass is 386 g/mol. The van der Waals surface area contributed by atoms with Crippen molar-refractivity contribution in [2.24, 2.45) is 11.5 Å². The molecule has 0 aromatic carbocycles. The van der Waals surface area contributed by atoms with Gasteiger partial charge in [0.25, 0.3) is 0 Å². The zero-order chi connectivity index (χ0) is 18.9. The molecule has 0 spiro atoms.